The van der Waals surface area contributed by atoms with E-state index in [0.717, 1.165) is 5.88 Å². The van der Waals surface area contributed by atoms with Crippen LogP contribution in [0.4, 0.5) is 0 Å². The molecular weight excluding hydrogens is 252 g/mol. The number of hydrogen-bond donors (Lipinski definition) is 0. The summed E-state index contributed by atoms with van der Waals surface area (Å²) in [6.07, 6.45) is 13.8. The number of unbranched alkanes of at least 4 members (excludes halogenated alkanes) is 7. The number of halogens is 1. The Labute approximate surface area is 123 Å². The van der Waals surface area contributed by atoms with Crippen molar-refractivity contribution in [3.05, 3.63) is 42.0 Å². The van der Waals surface area contributed by atoms with E-state index in [-0.39, 0.29) is 0 Å². The fourth-order valence-electron chi connectivity index (χ4n) is 2.36. The van der Waals surface area contributed by atoms with Gasteiger partial charge in [-0.25, -0.2) is 0 Å². The summed E-state index contributed by atoms with van der Waals surface area (Å²) in [4.78, 5) is 0. The molecule has 0 unspecified atom stereocenters. The van der Waals surface area contributed by atoms with Crippen LogP contribution in [0.3, 0.4) is 0 Å². The van der Waals surface area contributed by atoms with E-state index < -0.39 is 0 Å². The van der Waals surface area contributed by atoms with E-state index in [0.29, 0.717) is 0 Å². The van der Waals surface area contributed by atoms with Crippen LogP contribution in [0, 0.1) is 0 Å². The fourth-order valence-corrected chi connectivity index (χ4v) is 2.55. The molecule has 0 saturated heterocycles. The lowest BCUT2D eigenvalue weighted by Gasteiger charge is -2.03. The van der Waals surface area contributed by atoms with Gasteiger partial charge in [0.1, 0.15) is 0 Å². The van der Waals surface area contributed by atoms with Crippen LogP contribution in [-0.2, 0) is 6.42 Å². The van der Waals surface area contributed by atoms with E-state index >= 15 is 0 Å². The first kappa shape index (κ1) is 16.3. The minimum Gasteiger partial charge on any atom is -0.127 e. The first-order chi connectivity index (χ1) is 9.36. The number of hydrogen-bond acceptors (Lipinski definition) is 0. The summed E-state index contributed by atoms with van der Waals surface area (Å²) < 4.78 is 0. The summed E-state index contributed by atoms with van der Waals surface area (Å²) >= 11 is 5.66. The fraction of sp³-hybridized carbons (Fsp3) is 0.556. The van der Waals surface area contributed by atoms with E-state index in [1.54, 1.807) is 0 Å². The minimum atomic E-state index is 0.823. The zero-order chi connectivity index (χ0) is 13.8. The molecule has 0 amide bonds. The Balaban J connectivity index is 1.99. The topological polar surface area (TPSA) is 0 Å². The molecule has 0 spiro atoms. The van der Waals surface area contributed by atoms with Crippen LogP contribution >= 0.6 is 11.6 Å². The van der Waals surface area contributed by atoms with Gasteiger partial charge in [-0.2, -0.15) is 0 Å². The SMILES string of the molecule is C=Cc1cccc(CCCCCCCCCCCl)c1. The van der Waals surface area contributed by atoms with E-state index in [4.69, 9.17) is 11.6 Å². The summed E-state index contributed by atoms with van der Waals surface area (Å²) in [5, 5.41) is 0. The van der Waals surface area contributed by atoms with Gasteiger partial charge in [0.15, 0.2) is 0 Å². The number of rotatable bonds is 11. The lowest BCUT2D eigenvalue weighted by atomic mass is 10.0. The molecule has 0 N–H and O–H groups in total. The smallest absolute Gasteiger partial charge is 0.0223 e. The number of benzene rings is 1. The van der Waals surface area contributed by atoms with Crippen LogP contribution in [0.5, 0.6) is 0 Å². The maximum Gasteiger partial charge on any atom is 0.0223 e. The molecule has 0 radical (unpaired) electrons. The molecule has 0 aromatic heterocycles. The van der Waals surface area contributed by atoms with Crippen molar-refractivity contribution in [3.63, 3.8) is 0 Å². The monoisotopic (exact) mass is 278 g/mol. The Morgan fingerprint density at radius 3 is 2.16 bits per heavy atom. The first-order valence-corrected chi connectivity index (χ1v) is 8.17. The van der Waals surface area contributed by atoms with Gasteiger partial charge in [-0.3, -0.25) is 0 Å². The molecule has 0 heterocycles. The van der Waals surface area contributed by atoms with Crippen LogP contribution in [-0.4, -0.2) is 5.88 Å². The van der Waals surface area contributed by atoms with Crippen LogP contribution in [0.15, 0.2) is 30.8 Å². The quantitative estimate of drug-likeness (QED) is 0.332. The Morgan fingerprint density at radius 2 is 1.53 bits per heavy atom. The van der Waals surface area contributed by atoms with Gasteiger partial charge in [0.25, 0.3) is 0 Å². The van der Waals surface area contributed by atoms with Gasteiger partial charge in [-0.05, 0) is 30.4 Å². The van der Waals surface area contributed by atoms with Crippen LogP contribution < -0.4 is 0 Å². The van der Waals surface area contributed by atoms with Gasteiger partial charge < -0.3 is 0 Å². The second-order valence-electron chi connectivity index (χ2n) is 5.22. The molecule has 0 bridgehead atoms. The zero-order valence-corrected chi connectivity index (χ0v) is 12.8. The van der Waals surface area contributed by atoms with Gasteiger partial charge in [-0.15, -0.1) is 11.6 Å². The van der Waals surface area contributed by atoms with Crippen molar-refractivity contribution >= 4 is 17.7 Å². The Kier molecular flexibility index (Phi) is 9.53. The molecule has 1 aromatic rings. The summed E-state index contributed by atoms with van der Waals surface area (Å²) in [6.45, 7) is 3.82. The minimum absolute atomic E-state index is 0.823. The highest BCUT2D eigenvalue weighted by atomic mass is 35.5. The van der Waals surface area contributed by atoms with Gasteiger partial charge in [0.2, 0.25) is 0 Å². The number of alkyl halides is 1. The van der Waals surface area contributed by atoms with Crippen molar-refractivity contribution in [2.24, 2.45) is 0 Å². The van der Waals surface area contributed by atoms with Crippen molar-refractivity contribution in [2.75, 3.05) is 5.88 Å². The van der Waals surface area contributed by atoms with Crippen molar-refractivity contribution in [3.8, 4) is 0 Å². The summed E-state index contributed by atoms with van der Waals surface area (Å²) in [5.74, 6) is 0.823. The molecule has 1 heteroatoms. The molecule has 0 atom stereocenters. The van der Waals surface area contributed by atoms with Crippen molar-refractivity contribution in [1.29, 1.82) is 0 Å². The lowest BCUT2D eigenvalue weighted by Crippen LogP contribution is -1.87. The van der Waals surface area contributed by atoms with Crippen LogP contribution in [0.2, 0.25) is 0 Å². The largest absolute Gasteiger partial charge is 0.127 e. The molecule has 1 aromatic carbocycles. The molecule has 106 valence electrons. The average molecular weight is 279 g/mol. The summed E-state index contributed by atoms with van der Waals surface area (Å²) in [6, 6.07) is 8.71. The highest BCUT2D eigenvalue weighted by molar-refractivity contribution is 6.17. The molecule has 0 nitrogen and oxygen atoms in total. The molecule has 0 aliphatic rings. The lowest BCUT2D eigenvalue weighted by molar-refractivity contribution is 0.576. The van der Waals surface area contributed by atoms with Gasteiger partial charge >= 0.3 is 0 Å². The van der Waals surface area contributed by atoms with E-state index in [1.807, 2.05) is 6.08 Å². The maximum atomic E-state index is 5.66. The maximum absolute atomic E-state index is 5.66. The van der Waals surface area contributed by atoms with Crippen LogP contribution in [0.25, 0.3) is 6.08 Å². The highest BCUT2D eigenvalue weighted by Gasteiger charge is 1.95. The summed E-state index contributed by atoms with van der Waals surface area (Å²) in [5.41, 5.74) is 2.68. The van der Waals surface area contributed by atoms with Crippen molar-refractivity contribution in [2.45, 2.75) is 57.8 Å². The molecule has 0 fully saturated rings. The molecule has 0 aliphatic heterocycles. The highest BCUT2D eigenvalue weighted by Crippen LogP contribution is 2.13. The third kappa shape index (κ3) is 8.10. The second-order valence-corrected chi connectivity index (χ2v) is 5.59. The van der Waals surface area contributed by atoms with E-state index in [1.165, 1.54) is 68.9 Å². The molecule has 0 saturated carbocycles. The predicted octanol–water partition coefficient (Wildman–Crippen LogP) is 6.23. The molecular formula is C18H27Cl. The Hall–Kier alpha value is -0.750. The van der Waals surface area contributed by atoms with Crippen LogP contribution in [0.1, 0.15) is 62.5 Å². The molecule has 0 aliphatic carbocycles. The molecule has 19 heavy (non-hydrogen) atoms. The van der Waals surface area contributed by atoms with Gasteiger partial charge in [0.05, 0.1) is 0 Å². The first-order valence-electron chi connectivity index (χ1n) is 7.64. The average Bonchev–Trinajstić information content (AvgIpc) is 2.46. The van der Waals surface area contributed by atoms with Crippen molar-refractivity contribution in [1.82, 2.24) is 0 Å². The van der Waals surface area contributed by atoms with Gasteiger partial charge in [-0.1, -0.05) is 75.4 Å². The predicted molar refractivity (Wildman–Crippen MR) is 87.9 cm³/mol. The van der Waals surface area contributed by atoms with E-state index in [9.17, 15) is 0 Å². The third-order valence-corrected chi connectivity index (χ3v) is 3.80. The van der Waals surface area contributed by atoms with Gasteiger partial charge in [0, 0.05) is 5.88 Å². The Bertz CT molecular complexity index is 343. The van der Waals surface area contributed by atoms with E-state index in [2.05, 4.69) is 30.8 Å². The van der Waals surface area contributed by atoms with Crippen molar-refractivity contribution < 1.29 is 0 Å². The molecule has 1 rings (SSSR count). The summed E-state index contributed by atoms with van der Waals surface area (Å²) in [7, 11) is 0. The normalized spacial score (nSPS) is 10.6. The zero-order valence-electron chi connectivity index (χ0n) is 12.0. The second kappa shape index (κ2) is 11.1. The standard InChI is InChI=1S/C18H27Cl/c1-2-17-13-11-14-18(16-17)12-9-7-5-3-4-6-8-10-15-19/h2,11,13-14,16H,1,3-10,12,15H2. The third-order valence-electron chi connectivity index (χ3n) is 3.54. The Morgan fingerprint density at radius 1 is 0.895 bits per heavy atom. The number of aryl methyl sites for hydroxylation is 1.